The predicted molar refractivity (Wildman–Crippen MR) is 146 cm³/mol. The second-order valence-corrected chi connectivity index (χ2v) is 10.7. The Bertz CT molecular complexity index is 1120. The van der Waals surface area contributed by atoms with Crippen molar-refractivity contribution < 1.29 is 4.84 Å². The lowest BCUT2D eigenvalue weighted by atomic mass is 9.92. The molecule has 0 saturated carbocycles. The Morgan fingerprint density at radius 3 is 2.43 bits per heavy atom. The minimum Gasteiger partial charge on any atom is -0.327 e. The van der Waals surface area contributed by atoms with Crippen LogP contribution < -0.4 is 0 Å². The molecule has 1 aliphatic rings. The zero-order valence-electron chi connectivity index (χ0n) is 22.0. The molecule has 0 radical (unpaired) electrons. The summed E-state index contributed by atoms with van der Waals surface area (Å²) in [6.45, 7) is 14.5. The summed E-state index contributed by atoms with van der Waals surface area (Å²) in [5.41, 5.74) is 7.65. The van der Waals surface area contributed by atoms with E-state index in [0.29, 0.717) is 23.6 Å². The summed E-state index contributed by atoms with van der Waals surface area (Å²) in [5, 5.41) is 2.77. The van der Waals surface area contributed by atoms with Gasteiger partial charge in [0.2, 0.25) is 0 Å². The van der Waals surface area contributed by atoms with Crippen LogP contribution in [-0.4, -0.2) is 27.8 Å². The number of hydroxylamine groups is 2. The number of unbranched alkanes of at least 4 members (excludes halogenated alkanes) is 1. The maximum absolute atomic E-state index is 6.85. The quantitative estimate of drug-likeness (QED) is 0.294. The molecule has 188 valence electrons. The Kier molecular flexibility index (Phi) is 8.69. The van der Waals surface area contributed by atoms with Crippen molar-refractivity contribution in [1.82, 2.24) is 14.6 Å². The van der Waals surface area contributed by atoms with E-state index in [4.69, 9.17) is 21.4 Å². The first-order chi connectivity index (χ1) is 16.9. The molecule has 1 aromatic heterocycles. The zero-order valence-corrected chi connectivity index (χ0v) is 22.7. The normalized spacial score (nSPS) is 14.9. The highest BCUT2D eigenvalue weighted by Crippen LogP contribution is 2.33. The van der Waals surface area contributed by atoms with Crippen LogP contribution in [0.5, 0.6) is 0 Å². The van der Waals surface area contributed by atoms with Gasteiger partial charge in [0.1, 0.15) is 5.82 Å². The van der Waals surface area contributed by atoms with E-state index < -0.39 is 0 Å². The van der Waals surface area contributed by atoms with E-state index in [9.17, 15) is 0 Å². The fourth-order valence-corrected chi connectivity index (χ4v) is 5.34. The molecular weight excluding hydrogens is 454 g/mol. The summed E-state index contributed by atoms with van der Waals surface area (Å²) in [7, 11) is 0. The molecule has 1 atom stereocenters. The van der Waals surface area contributed by atoms with Crippen molar-refractivity contribution in [3.05, 3.63) is 75.6 Å². The molecule has 0 N–H and O–H groups in total. The van der Waals surface area contributed by atoms with E-state index in [-0.39, 0.29) is 0 Å². The number of nitrogens with zero attached hydrogens (tertiary/aromatic N) is 3. The largest absolute Gasteiger partial charge is 0.327 e. The zero-order chi connectivity index (χ0) is 24.9. The van der Waals surface area contributed by atoms with Crippen molar-refractivity contribution in [2.45, 2.75) is 73.4 Å². The molecule has 0 saturated heterocycles. The van der Waals surface area contributed by atoms with E-state index in [1.54, 1.807) is 0 Å². The highest BCUT2D eigenvalue weighted by atomic mass is 35.5. The van der Waals surface area contributed by atoms with Gasteiger partial charge in [-0.05, 0) is 67.2 Å². The standard InChI is InChI=1S/C30H40ClN3O/c1-6-7-16-34-27(29(31)32-30(34)28-22(4)11-10-12-23(28)5)18-26(21(2)3)20-35-33-17-15-24-13-8-9-14-25(24)19-33/h8-14,21,26H,6-7,15-20H2,1-5H3. The molecule has 0 amide bonds. The van der Waals surface area contributed by atoms with Gasteiger partial charge in [0.05, 0.1) is 12.3 Å². The summed E-state index contributed by atoms with van der Waals surface area (Å²) in [5.74, 6) is 1.83. The van der Waals surface area contributed by atoms with Gasteiger partial charge in [-0.2, -0.15) is 5.06 Å². The van der Waals surface area contributed by atoms with Crippen molar-refractivity contribution in [1.29, 1.82) is 0 Å². The van der Waals surface area contributed by atoms with Crippen molar-refractivity contribution in [2.24, 2.45) is 11.8 Å². The molecule has 4 rings (SSSR count). The smallest absolute Gasteiger partial charge is 0.150 e. The number of fused-ring (bicyclic) bond motifs is 1. The molecule has 5 heteroatoms. The third kappa shape index (κ3) is 5.99. The lowest BCUT2D eigenvalue weighted by molar-refractivity contribution is -0.182. The molecule has 1 aliphatic heterocycles. The molecule has 1 unspecified atom stereocenters. The van der Waals surface area contributed by atoms with Gasteiger partial charge in [-0.3, -0.25) is 4.84 Å². The monoisotopic (exact) mass is 493 g/mol. The number of hydrogen-bond donors (Lipinski definition) is 0. The lowest BCUT2D eigenvalue weighted by Crippen LogP contribution is -2.33. The average molecular weight is 494 g/mol. The molecule has 0 bridgehead atoms. The van der Waals surface area contributed by atoms with Crippen LogP contribution in [0.15, 0.2) is 42.5 Å². The van der Waals surface area contributed by atoms with Crippen LogP contribution in [-0.2, 0) is 30.8 Å². The Balaban J connectivity index is 1.55. The van der Waals surface area contributed by atoms with Crippen molar-refractivity contribution in [3.8, 4) is 11.4 Å². The minimum atomic E-state index is 0.354. The van der Waals surface area contributed by atoms with Gasteiger partial charge in [-0.1, -0.05) is 81.3 Å². The Morgan fingerprint density at radius 1 is 1.03 bits per heavy atom. The summed E-state index contributed by atoms with van der Waals surface area (Å²) >= 11 is 6.85. The molecule has 2 aromatic carbocycles. The van der Waals surface area contributed by atoms with Crippen LogP contribution >= 0.6 is 11.6 Å². The number of aryl methyl sites for hydroxylation is 2. The van der Waals surface area contributed by atoms with Crippen LogP contribution in [0, 0.1) is 25.7 Å². The van der Waals surface area contributed by atoms with Gasteiger partial charge in [0, 0.05) is 25.2 Å². The second-order valence-electron chi connectivity index (χ2n) is 10.3. The summed E-state index contributed by atoms with van der Waals surface area (Å²) in [6, 6.07) is 15.1. The van der Waals surface area contributed by atoms with Crippen LogP contribution in [0.1, 0.15) is 61.6 Å². The molecule has 0 spiro atoms. The SMILES string of the molecule is CCCCn1c(-c2c(C)cccc2C)nc(Cl)c1CC(CON1CCc2ccccc2C1)C(C)C. The fourth-order valence-electron chi connectivity index (χ4n) is 5.08. The molecule has 0 aliphatic carbocycles. The molecule has 3 aromatic rings. The average Bonchev–Trinajstić information content (AvgIpc) is 3.14. The second kappa shape index (κ2) is 11.7. The lowest BCUT2D eigenvalue weighted by Gasteiger charge is -2.30. The number of aromatic nitrogens is 2. The van der Waals surface area contributed by atoms with Gasteiger partial charge in [0.25, 0.3) is 0 Å². The predicted octanol–water partition coefficient (Wildman–Crippen LogP) is 7.43. The molecule has 35 heavy (non-hydrogen) atoms. The van der Waals surface area contributed by atoms with E-state index >= 15 is 0 Å². The third-order valence-corrected chi connectivity index (χ3v) is 7.73. The van der Waals surface area contributed by atoms with E-state index in [0.717, 1.165) is 56.8 Å². The first kappa shape index (κ1) is 25.9. The highest BCUT2D eigenvalue weighted by molar-refractivity contribution is 6.30. The Morgan fingerprint density at radius 2 is 1.74 bits per heavy atom. The Hall–Kier alpha value is -2.14. The van der Waals surface area contributed by atoms with Crippen molar-refractivity contribution >= 4 is 11.6 Å². The van der Waals surface area contributed by atoms with Crippen molar-refractivity contribution in [3.63, 3.8) is 0 Å². The number of benzene rings is 2. The fraction of sp³-hybridized carbons (Fsp3) is 0.500. The number of halogens is 1. The van der Waals surface area contributed by atoms with Crippen LogP contribution in [0.3, 0.4) is 0 Å². The van der Waals surface area contributed by atoms with E-state index in [1.165, 1.54) is 27.8 Å². The summed E-state index contributed by atoms with van der Waals surface area (Å²) in [6.07, 6.45) is 4.14. The molecular formula is C30H40ClN3O. The van der Waals surface area contributed by atoms with Gasteiger partial charge in [-0.15, -0.1) is 0 Å². The van der Waals surface area contributed by atoms with Gasteiger partial charge in [-0.25, -0.2) is 4.98 Å². The van der Waals surface area contributed by atoms with Gasteiger partial charge in [0.15, 0.2) is 5.15 Å². The van der Waals surface area contributed by atoms with E-state index in [1.807, 2.05) is 0 Å². The maximum atomic E-state index is 6.85. The molecule has 0 fully saturated rings. The minimum absolute atomic E-state index is 0.354. The maximum Gasteiger partial charge on any atom is 0.150 e. The van der Waals surface area contributed by atoms with Gasteiger partial charge < -0.3 is 4.57 Å². The summed E-state index contributed by atoms with van der Waals surface area (Å²) in [4.78, 5) is 11.3. The van der Waals surface area contributed by atoms with Gasteiger partial charge >= 0.3 is 0 Å². The molecule has 2 heterocycles. The Labute approximate surface area is 216 Å². The molecule has 4 nitrogen and oxygen atoms in total. The van der Waals surface area contributed by atoms with Crippen molar-refractivity contribution in [2.75, 3.05) is 13.2 Å². The van der Waals surface area contributed by atoms with Crippen LogP contribution in [0.2, 0.25) is 5.15 Å². The number of hydrogen-bond acceptors (Lipinski definition) is 3. The van der Waals surface area contributed by atoms with E-state index in [2.05, 4.69) is 86.7 Å². The first-order valence-corrected chi connectivity index (χ1v) is 13.5. The highest BCUT2D eigenvalue weighted by Gasteiger charge is 2.25. The van der Waals surface area contributed by atoms with Crippen LogP contribution in [0.25, 0.3) is 11.4 Å². The number of rotatable bonds is 10. The number of imidazole rings is 1. The topological polar surface area (TPSA) is 30.3 Å². The summed E-state index contributed by atoms with van der Waals surface area (Å²) < 4.78 is 2.38. The first-order valence-electron chi connectivity index (χ1n) is 13.1. The third-order valence-electron chi connectivity index (χ3n) is 7.43. The van der Waals surface area contributed by atoms with Crippen LogP contribution in [0.4, 0.5) is 0 Å².